The molecule has 0 aromatic heterocycles. The summed E-state index contributed by atoms with van der Waals surface area (Å²) in [4.78, 5) is 0. The zero-order chi connectivity index (χ0) is 11.0. The van der Waals surface area contributed by atoms with Crippen molar-refractivity contribution >= 4 is 35.0 Å². The summed E-state index contributed by atoms with van der Waals surface area (Å²) in [6.45, 7) is 0. The van der Waals surface area contributed by atoms with Crippen molar-refractivity contribution in [3.8, 4) is 0 Å². The minimum Gasteiger partial charge on any atom is -0.333 e. The van der Waals surface area contributed by atoms with Crippen molar-refractivity contribution in [2.75, 3.05) is 12.1 Å². The van der Waals surface area contributed by atoms with Crippen LogP contribution in [0.3, 0.4) is 0 Å². The largest absolute Gasteiger partial charge is 0.333 e. The number of anilines is 1. The topological polar surface area (TPSA) is 65.5 Å². The van der Waals surface area contributed by atoms with Gasteiger partial charge in [-0.15, -0.1) is 0 Å². The SMILES string of the molecule is CN.N=NN(C=S)c1cccc(Cl)c1. The lowest BCUT2D eigenvalue weighted by Gasteiger charge is -2.09. The van der Waals surface area contributed by atoms with Gasteiger partial charge in [0.25, 0.3) is 0 Å². The molecule has 0 bridgehead atoms. The summed E-state index contributed by atoms with van der Waals surface area (Å²) in [6.07, 6.45) is 0. The van der Waals surface area contributed by atoms with Crippen LogP contribution in [0.2, 0.25) is 5.02 Å². The van der Waals surface area contributed by atoms with Crippen LogP contribution in [0.25, 0.3) is 0 Å². The molecule has 0 radical (unpaired) electrons. The van der Waals surface area contributed by atoms with E-state index >= 15 is 0 Å². The highest BCUT2D eigenvalue weighted by Crippen LogP contribution is 2.18. The molecular weight excluding hydrogens is 220 g/mol. The van der Waals surface area contributed by atoms with Crippen LogP contribution in [-0.4, -0.2) is 12.5 Å². The number of hydrogen-bond donors (Lipinski definition) is 2. The predicted molar refractivity (Wildman–Crippen MR) is 62.8 cm³/mol. The maximum atomic E-state index is 6.78. The molecule has 0 heterocycles. The van der Waals surface area contributed by atoms with Crippen LogP contribution in [0.15, 0.2) is 29.5 Å². The van der Waals surface area contributed by atoms with Gasteiger partial charge in [-0.1, -0.05) is 35.1 Å². The normalized spacial score (nSPS) is 8.21. The summed E-state index contributed by atoms with van der Waals surface area (Å²) in [7, 11) is 1.50. The zero-order valence-corrected chi connectivity index (χ0v) is 9.22. The Morgan fingerprint density at radius 1 is 1.57 bits per heavy atom. The molecule has 0 saturated carbocycles. The van der Waals surface area contributed by atoms with Gasteiger partial charge in [0.1, 0.15) is 0 Å². The van der Waals surface area contributed by atoms with Crippen molar-refractivity contribution in [2.24, 2.45) is 11.0 Å². The Morgan fingerprint density at radius 3 is 2.64 bits per heavy atom. The maximum absolute atomic E-state index is 6.78. The molecule has 6 heteroatoms. The van der Waals surface area contributed by atoms with E-state index in [9.17, 15) is 0 Å². The van der Waals surface area contributed by atoms with Gasteiger partial charge < -0.3 is 5.73 Å². The summed E-state index contributed by atoms with van der Waals surface area (Å²) < 4.78 is 0. The third-order valence-electron chi connectivity index (χ3n) is 1.28. The van der Waals surface area contributed by atoms with Gasteiger partial charge >= 0.3 is 0 Å². The van der Waals surface area contributed by atoms with E-state index in [0.29, 0.717) is 10.7 Å². The average Bonchev–Trinajstić information content (AvgIpc) is 2.23. The molecule has 0 saturated heterocycles. The van der Waals surface area contributed by atoms with E-state index in [2.05, 4.69) is 23.2 Å². The van der Waals surface area contributed by atoms with Crippen LogP contribution in [0.5, 0.6) is 0 Å². The van der Waals surface area contributed by atoms with Crippen LogP contribution in [0.1, 0.15) is 0 Å². The minimum atomic E-state index is 0.595. The van der Waals surface area contributed by atoms with E-state index in [1.165, 1.54) is 17.5 Å². The number of hydrogen-bond acceptors (Lipinski definition) is 4. The van der Waals surface area contributed by atoms with Gasteiger partial charge in [0.2, 0.25) is 0 Å². The van der Waals surface area contributed by atoms with E-state index in [0.717, 1.165) is 0 Å². The lowest BCUT2D eigenvalue weighted by Crippen LogP contribution is -2.09. The van der Waals surface area contributed by atoms with Crippen molar-refractivity contribution in [3.05, 3.63) is 29.3 Å². The number of nitrogens with two attached hydrogens (primary N) is 1. The molecule has 0 amide bonds. The molecule has 0 atom stereocenters. The van der Waals surface area contributed by atoms with Crippen molar-refractivity contribution in [2.45, 2.75) is 0 Å². The van der Waals surface area contributed by atoms with Crippen molar-refractivity contribution in [3.63, 3.8) is 0 Å². The number of rotatable bonds is 3. The Labute approximate surface area is 93.1 Å². The van der Waals surface area contributed by atoms with Crippen LogP contribution < -0.4 is 10.7 Å². The Hall–Kier alpha value is -1.04. The summed E-state index contributed by atoms with van der Waals surface area (Å²) in [5.41, 5.74) is 13.2. The molecule has 1 aromatic carbocycles. The molecule has 3 N–H and O–H groups in total. The monoisotopic (exact) mass is 230 g/mol. The number of nitrogens with one attached hydrogen (secondary N) is 1. The molecule has 0 aliphatic rings. The van der Waals surface area contributed by atoms with Gasteiger partial charge in [0, 0.05) is 5.02 Å². The Kier molecular flexibility index (Phi) is 6.82. The summed E-state index contributed by atoms with van der Waals surface area (Å²) in [6, 6.07) is 6.97. The van der Waals surface area contributed by atoms with Crippen LogP contribution >= 0.6 is 23.8 Å². The first-order chi connectivity index (χ1) is 6.77. The first-order valence-corrected chi connectivity index (χ1v) is 4.58. The van der Waals surface area contributed by atoms with Gasteiger partial charge in [0.15, 0.2) is 0 Å². The van der Waals surface area contributed by atoms with Crippen molar-refractivity contribution < 1.29 is 0 Å². The smallest absolute Gasteiger partial charge is 0.0937 e. The van der Waals surface area contributed by atoms with Gasteiger partial charge in [-0.3, -0.25) is 0 Å². The fourth-order valence-electron chi connectivity index (χ4n) is 0.761. The van der Waals surface area contributed by atoms with Gasteiger partial charge in [-0.2, -0.15) is 5.53 Å². The van der Waals surface area contributed by atoms with Gasteiger partial charge in [-0.25, -0.2) is 5.01 Å². The molecule has 0 unspecified atom stereocenters. The summed E-state index contributed by atoms with van der Waals surface area (Å²) >= 11 is 10.4. The summed E-state index contributed by atoms with van der Waals surface area (Å²) in [5, 5.41) is 5.03. The molecule has 0 spiro atoms. The number of thiocarbonyl (C=S) groups is 1. The molecule has 76 valence electrons. The molecule has 1 rings (SSSR count). The van der Waals surface area contributed by atoms with Crippen LogP contribution in [-0.2, 0) is 0 Å². The van der Waals surface area contributed by atoms with Crippen molar-refractivity contribution in [1.82, 2.24) is 0 Å². The minimum absolute atomic E-state index is 0.595. The highest BCUT2D eigenvalue weighted by molar-refractivity contribution is 7.79. The second-order valence-electron chi connectivity index (χ2n) is 2.03. The Balaban J connectivity index is 0.000000791. The fourth-order valence-corrected chi connectivity index (χ4v) is 1.11. The quantitative estimate of drug-likeness (QED) is 0.477. The Morgan fingerprint density at radius 2 is 2.21 bits per heavy atom. The zero-order valence-electron chi connectivity index (χ0n) is 7.64. The molecule has 0 fully saturated rings. The standard InChI is InChI=1S/C7H6ClN3S.CH5N/c8-6-2-1-3-7(4-6)11(5-12)10-9;1-2/h1-5,9H;2H2,1H3. The first kappa shape index (κ1) is 13.0. The molecule has 1 aromatic rings. The fraction of sp³-hybridized carbons (Fsp3) is 0.125. The van der Waals surface area contributed by atoms with Gasteiger partial charge in [-0.05, 0) is 25.2 Å². The molecule has 4 nitrogen and oxygen atoms in total. The molecule has 0 aliphatic carbocycles. The molecule has 0 aliphatic heterocycles. The second kappa shape index (κ2) is 7.37. The van der Waals surface area contributed by atoms with Crippen molar-refractivity contribution in [1.29, 1.82) is 5.53 Å². The lowest BCUT2D eigenvalue weighted by molar-refractivity contribution is 0.963. The third kappa shape index (κ3) is 3.78. The predicted octanol–water partition coefficient (Wildman–Crippen LogP) is 2.62. The first-order valence-electron chi connectivity index (χ1n) is 3.73. The Bertz CT molecular complexity index is 297. The van der Waals surface area contributed by atoms with E-state index in [1.807, 2.05) is 0 Å². The van der Waals surface area contributed by atoms with E-state index in [1.54, 1.807) is 24.3 Å². The molecular formula is C8H11ClN4S. The number of benzene rings is 1. The van der Waals surface area contributed by atoms with Crippen LogP contribution in [0.4, 0.5) is 5.69 Å². The molecule has 14 heavy (non-hydrogen) atoms. The van der Waals surface area contributed by atoms with Crippen LogP contribution in [0, 0.1) is 5.53 Å². The number of nitrogens with zero attached hydrogens (tertiary/aromatic N) is 2. The second-order valence-corrected chi connectivity index (χ2v) is 2.68. The summed E-state index contributed by atoms with van der Waals surface area (Å²) in [5.74, 6) is 0. The number of halogens is 1. The highest BCUT2D eigenvalue weighted by Gasteiger charge is 2.00. The van der Waals surface area contributed by atoms with E-state index in [4.69, 9.17) is 17.1 Å². The van der Waals surface area contributed by atoms with E-state index < -0.39 is 0 Å². The van der Waals surface area contributed by atoms with E-state index in [-0.39, 0.29) is 0 Å². The average molecular weight is 231 g/mol. The third-order valence-corrected chi connectivity index (χ3v) is 1.72. The maximum Gasteiger partial charge on any atom is 0.0937 e. The van der Waals surface area contributed by atoms with Gasteiger partial charge in [0.05, 0.1) is 11.2 Å². The lowest BCUT2D eigenvalue weighted by atomic mass is 10.3. The highest BCUT2D eigenvalue weighted by atomic mass is 35.5.